The molecule has 1 aliphatic carbocycles. The second-order valence-electron chi connectivity index (χ2n) is 4.90. The maximum atomic E-state index is 5.90. The Morgan fingerprint density at radius 2 is 2.25 bits per heavy atom. The van der Waals surface area contributed by atoms with Gasteiger partial charge in [0.2, 0.25) is 0 Å². The van der Waals surface area contributed by atoms with Gasteiger partial charge in [0.25, 0.3) is 0 Å². The van der Waals surface area contributed by atoms with E-state index in [1.165, 1.54) is 12.8 Å². The first-order chi connectivity index (χ1) is 9.78. The van der Waals surface area contributed by atoms with Crippen LogP contribution in [0.15, 0.2) is 29.3 Å². The van der Waals surface area contributed by atoms with Crippen LogP contribution in [-0.2, 0) is 0 Å². The van der Waals surface area contributed by atoms with Crippen LogP contribution in [0.2, 0.25) is 5.02 Å². The van der Waals surface area contributed by atoms with Gasteiger partial charge in [-0.3, -0.25) is 4.99 Å². The van der Waals surface area contributed by atoms with Crippen molar-refractivity contribution in [3.05, 3.63) is 29.3 Å². The van der Waals surface area contributed by atoms with Crippen LogP contribution in [0, 0.1) is 5.92 Å². The molecule has 1 aromatic rings. The average Bonchev–Trinajstić information content (AvgIpc) is 3.25. The molecule has 2 N–H and O–H groups in total. The molecule has 2 rings (SSSR count). The minimum Gasteiger partial charge on any atom is -0.492 e. The number of hydrogen-bond donors (Lipinski definition) is 2. The number of hydrogen-bond acceptors (Lipinski definition) is 2. The first-order valence-corrected chi connectivity index (χ1v) is 7.56. The summed E-state index contributed by atoms with van der Waals surface area (Å²) in [4.78, 5) is 4.55. The summed E-state index contributed by atoms with van der Waals surface area (Å²) in [6, 6.07) is 7.43. The molecule has 1 saturated carbocycles. The Kier molecular flexibility index (Phi) is 5.99. The van der Waals surface area contributed by atoms with Crippen LogP contribution in [-0.4, -0.2) is 32.2 Å². The summed E-state index contributed by atoms with van der Waals surface area (Å²) in [6.45, 7) is 5.14. The second kappa shape index (κ2) is 8.00. The molecule has 4 nitrogen and oxygen atoms in total. The Balaban J connectivity index is 1.68. The number of ether oxygens (including phenoxy) is 1. The van der Waals surface area contributed by atoms with Gasteiger partial charge in [0.15, 0.2) is 5.96 Å². The number of halogens is 1. The van der Waals surface area contributed by atoms with E-state index in [9.17, 15) is 0 Å². The third-order valence-corrected chi connectivity index (χ3v) is 3.24. The molecule has 0 bridgehead atoms. The first kappa shape index (κ1) is 15.0. The molecule has 20 heavy (non-hydrogen) atoms. The lowest BCUT2D eigenvalue weighted by Gasteiger charge is -2.12. The van der Waals surface area contributed by atoms with Crippen LogP contribution < -0.4 is 15.4 Å². The highest BCUT2D eigenvalue weighted by Gasteiger charge is 2.20. The van der Waals surface area contributed by atoms with E-state index in [2.05, 4.69) is 22.5 Å². The Labute approximate surface area is 125 Å². The molecule has 0 unspecified atom stereocenters. The fraction of sp³-hybridized carbons (Fsp3) is 0.533. The maximum Gasteiger partial charge on any atom is 0.191 e. The fourth-order valence-corrected chi connectivity index (χ4v) is 1.94. The predicted molar refractivity (Wildman–Crippen MR) is 83.7 cm³/mol. The van der Waals surface area contributed by atoms with Gasteiger partial charge in [-0.15, -0.1) is 0 Å². The smallest absolute Gasteiger partial charge is 0.191 e. The number of aliphatic imine (C=N–C) groups is 1. The quantitative estimate of drug-likeness (QED) is 0.462. The number of rotatable bonds is 7. The van der Waals surface area contributed by atoms with Crippen LogP contribution in [0.25, 0.3) is 0 Å². The Morgan fingerprint density at radius 1 is 1.40 bits per heavy atom. The van der Waals surface area contributed by atoms with Crippen molar-refractivity contribution >= 4 is 17.6 Å². The van der Waals surface area contributed by atoms with E-state index in [0.29, 0.717) is 18.2 Å². The van der Waals surface area contributed by atoms with Crippen molar-refractivity contribution in [2.45, 2.75) is 19.8 Å². The van der Waals surface area contributed by atoms with Gasteiger partial charge >= 0.3 is 0 Å². The van der Waals surface area contributed by atoms with Crippen molar-refractivity contribution in [1.82, 2.24) is 10.6 Å². The summed E-state index contributed by atoms with van der Waals surface area (Å²) in [5.41, 5.74) is 0. The lowest BCUT2D eigenvalue weighted by atomic mass is 10.3. The number of benzene rings is 1. The molecule has 1 aliphatic rings. The second-order valence-corrected chi connectivity index (χ2v) is 5.33. The van der Waals surface area contributed by atoms with E-state index in [0.717, 1.165) is 30.7 Å². The van der Waals surface area contributed by atoms with E-state index < -0.39 is 0 Å². The molecule has 0 spiro atoms. The fourth-order valence-electron chi connectivity index (χ4n) is 1.76. The molecule has 0 radical (unpaired) electrons. The van der Waals surface area contributed by atoms with Crippen molar-refractivity contribution < 1.29 is 4.74 Å². The molecule has 1 aromatic carbocycles. The highest BCUT2D eigenvalue weighted by atomic mass is 35.5. The largest absolute Gasteiger partial charge is 0.492 e. The third-order valence-electron chi connectivity index (χ3n) is 3.01. The van der Waals surface area contributed by atoms with E-state index >= 15 is 0 Å². The molecule has 0 aromatic heterocycles. The number of guanidine groups is 1. The molecule has 0 aliphatic heterocycles. The number of nitrogens with zero attached hydrogens (tertiary/aromatic N) is 1. The summed E-state index contributed by atoms with van der Waals surface area (Å²) in [7, 11) is 0. The van der Waals surface area contributed by atoms with Crippen LogP contribution in [0.3, 0.4) is 0 Å². The van der Waals surface area contributed by atoms with E-state index in [1.807, 2.05) is 24.3 Å². The molecule has 5 heteroatoms. The highest BCUT2D eigenvalue weighted by Crippen LogP contribution is 2.28. The normalized spacial score (nSPS) is 15.0. The van der Waals surface area contributed by atoms with Gasteiger partial charge in [-0.25, -0.2) is 0 Å². The topological polar surface area (TPSA) is 45.7 Å². The van der Waals surface area contributed by atoms with Crippen LogP contribution >= 0.6 is 11.6 Å². The van der Waals surface area contributed by atoms with Crippen molar-refractivity contribution in [1.29, 1.82) is 0 Å². The highest BCUT2D eigenvalue weighted by molar-refractivity contribution is 6.30. The van der Waals surface area contributed by atoms with Gasteiger partial charge in [0, 0.05) is 18.1 Å². The Hall–Kier alpha value is -1.42. The van der Waals surface area contributed by atoms with E-state index in [4.69, 9.17) is 16.3 Å². The van der Waals surface area contributed by atoms with Crippen LogP contribution in [0.5, 0.6) is 5.75 Å². The first-order valence-electron chi connectivity index (χ1n) is 7.18. The molecular weight excluding hydrogens is 274 g/mol. The SMILES string of the molecule is CCNC(=NCC1CC1)NCCOc1cccc(Cl)c1. The molecule has 1 fully saturated rings. The predicted octanol–water partition coefficient (Wildman–Crippen LogP) is 2.68. The van der Waals surface area contributed by atoms with E-state index in [1.54, 1.807) is 0 Å². The van der Waals surface area contributed by atoms with Gasteiger partial charge in [-0.1, -0.05) is 17.7 Å². The summed E-state index contributed by atoms with van der Waals surface area (Å²) >= 11 is 5.90. The van der Waals surface area contributed by atoms with Gasteiger partial charge in [0.05, 0.1) is 6.54 Å². The van der Waals surface area contributed by atoms with Gasteiger partial charge in [-0.2, -0.15) is 0 Å². The zero-order valence-corrected chi connectivity index (χ0v) is 12.6. The monoisotopic (exact) mass is 295 g/mol. The minimum absolute atomic E-state index is 0.578. The molecule has 0 amide bonds. The average molecular weight is 296 g/mol. The number of nitrogens with one attached hydrogen (secondary N) is 2. The summed E-state index contributed by atoms with van der Waals surface area (Å²) < 4.78 is 5.62. The zero-order chi connectivity index (χ0) is 14.2. The molecule has 110 valence electrons. The van der Waals surface area contributed by atoms with Crippen LogP contribution in [0.4, 0.5) is 0 Å². The van der Waals surface area contributed by atoms with Crippen molar-refractivity contribution in [2.24, 2.45) is 10.9 Å². The molecule has 0 saturated heterocycles. The summed E-state index contributed by atoms with van der Waals surface area (Å²) in [5.74, 6) is 2.46. The standard InChI is InChI=1S/C15H22ClN3O/c1-2-17-15(19-11-12-6-7-12)18-8-9-20-14-5-3-4-13(16)10-14/h3-5,10,12H,2,6-9,11H2,1H3,(H2,17,18,19). The zero-order valence-electron chi connectivity index (χ0n) is 11.9. The summed E-state index contributed by atoms with van der Waals surface area (Å²) in [5, 5.41) is 7.19. The lowest BCUT2D eigenvalue weighted by molar-refractivity contribution is 0.322. The Morgan fingerprint density at radius 3 is 2.95 bits per heavy atom. The molecular formula is C15H22ClN3O. The van der Waals surface area contributed by atoms with Crippen LogP contribution in [0.1, 0.15) is 19.8 Å². The van der Waals surface area contributed by atoms with E-state index in [-0.39, 0.29) is 0 Å². The minimum atomic E-state index is 0.578. The molecule has 0 heterocycles. The third kappa shape index (κ3) is 5.70. The van der Waals surface area contributed by atoms with Crippen molar-refractivity contribution in [3.63, 3.8) is 0 Å². The lowest BCUT2D eigenvalue weighted by Crippen LogP contribution is -2.39. The van der Waals surface area contributed by atoms with Gasteiger partial charge in [0.1, 0.15) is 12.4 Å². The molecule has 0 atom stereocenters. The Bertz CT molecular complexity index is 446. The maximum absolute atomic E-state index is 5.90. The van der Waals surface area contributed by atoms with Gasteiger partial charge < -0.3 is 15.4 Å². The van der Waals surface area contributed by atoms with Gasteiger partial charge in [-0.05, 0) is 43.9 Å². The van der Waals surface area contributed by atoms with Crippen molar-refractivity contribution in [3.8, 4) is 5.75 Å². The summed E-state index contributed by atoms with van der Waals surface area (Å²) in [6.07, 6.45) is 2.64. The van der Waals surface area contributed by atoms with Crippen molar-refractivity contribution in [2.75, 3.05) is 26.2 Å².